The second kappa shape index (κ2) is 11.8. The van der Waals surface area contributed by atoms with Crippen molar-refractivity contribution in [2.24, 2.45) is 0 Å². The highest BCUT2D eigenvalue weighted by Gasteiger charge is 2.20. The summed E-state index contributed by atoms with van der Waals surface area (Å²) in [6.07, 6.45) is 2.42. The molecule has 1 aromatic heterocycles. The van der Waals surface area contributed by atoms with Crippen molar-refractivity contribution in [3.63, 3.8) is 0 Å². The number of ether oxygens (including phenoxy) is 1. The molecule has 0 aliphatic heterocycles. The van der Waals surface area contributed by atoms with Gasteiger partial charge in [0.1, 0.15) is 5.75 Å². The van der Waals surface area contributed by atoms with Gasteiger partial charge in [0.15, 0.2) is 5.82 Å². The topological polar surface area (TPSA) is 118 Å². The van der Waals surface area contributed by atoms with Crippen molar-refractivity contribution >= 4 is 17.5 Å². The molecule has 1 heterocycles. The van der Waals surface area contributed by atoms with Gasteiger partial charge in [0.2, 0.25) is 11.8 Å². The van der Waals surface area contributed by atoms with Gasteiger partial charge in [0.25, 0.3) is 5.89 Å². The maximum atomic E-state index is 13.1. The molecule has 3 aromatic rings. The number of hydroxylamine groups is 1. The number of nitrogens with zero attached hydrogens (tertiary/aromatic N) is 3. The SMILES string of the molecule is COc1ccc(N(Cc2noc(-c3ccc(C)cc3)n2)C(=O)CCCCCC(=O)NO)cc1. The van der Waals surface area contributed by atoms with E-state index in [1.54, 1.807) is 29.6 Å². The summed E-state index contributed by atoms with van der Waals surface area (Å²) in [6, 6.07) is 15.0. The Labute approximate surface area is 192 Å². The Kier molecular flexibility index (Phi) is 8.54. The number of nitrogens with one attached hydrogen (secondary N) is 1. The molecule has 33 heavy (non-hydrogen) atoms. The molecule has 0 spiro atoms. The monoisotopic (exact) mass is 452 g/mol. The van der Waals surface area contributed by atoms with Gasteiger partial charge < -0.3 is 14.2 Å². The summed E-state index contributed by atoms with van der Waals surface area (Å²) in [6.45, 7) is 2.16. The summed E-state index contributed by atoms with van der Waals surface area (Å²) in [5.41, 5.74) is 4.25. The molecule has 0 atom stereocenters. The molecule has 0 radical (unpaired) electrons. The van der Waals surface area contributed by atoms with Crippen LogP contribution in [0.5, 0.6) is 5.75 Å². The molecule has 0 unspecified atom stereocenters. The summed E-state index contributed by atoms with van der Waals surface area (Å²) in [5, 5.41) is 12.6. The lowest BCUT2D eigenvalue weighted by Gasteiger charge is -2.21. The summed E-state index contributed by atoms with van der Waals surface area (Å²) < 4.78 is 10.6. The average Bonchev–Trinajstić information content (AvgIpc) is 3.31. The van der Waals surface area contributed by atoms with Crippen molar-refractivity contribution in [2.45, 2.75) is 45.6 Å². The first-order valence-corrected chi connectivity index (χ1v) is 10.8. The van der Waals surface area contributed by atoms with Crippen LogP contribution in [0.3, 0.4) is 0 Å². The van der Waals surface area contributed by atoms with Gasteiger partial charge in [-0.1, -0.05) is 29.3 Å². The van der Waals surface area contributed by atoms with Crippen LogP contribution in [-0.2, 0) is 16.1 Å². The zero-order valence-electron chi connectivity index (χ0n) is 18.8. The van der Waals surface area contributed by atoms with Crippen LogP contribution >= 0.6 is 0 Å². The van der Waals surface area contributed by atoms with Crippen LogP contribution in [0.15, 0.2) is 53.1 Å². The predicted octanol–water partition coefficient (Wildman–Crippen LogP) is 4.04. The third-order valence-electron chi connectivity index (χ3n) is 5.17. The molecule has 0 bridgehead atoms. The molecular weight excluding hydrogens is 424 g/mol. The highest BCUT2D eigenvalue weighted by Crippen LogP contribution is 2.24. The maximum absolute atomic E-state index is 13.1. The number of carbonyl (C=O) groups excluding carboxylic acids is 2. The second-order valence-corrected chi connectivity index (χ2v) is 7.66. The number of amides is 2. The van der Waals surface area contributed by atoms with Crippen molar-refractivity contribution in [3.8, 4) is 17.2 Å². The van der Waals surface area contributed by atoms with Gasteiger partial charge >= 0.3 is 0 Å². The minimum absolute atomic E-state index is 0.0894. The normalized spacial score (nSPS) is 10.6. The van der Waals surface area contributed by atoms with Crippen LogP contribution in [0.2, 0.25) is 0 Å². The number of hydrogen-bond donors (Lipinski definition) is 2. The second-order valence-electron chi connectivity index (χ2n) is 7.66. The summed E-state index contributed by atoms with van der Waals surface area (Å²) in [4.78, 5) is 30.2. The Morgan fingerprint density at radius 3 is 2.39 bits per heavy atom. The van der Waals surface area contributed by atoms with E-state index in [9.17, 15) is 9.59 Å². The lowest BCUT2D eigenvalue weighted by atomic mass is 10.1. The molecular formula is C24H28N4O5. The zero-order chi connectivity index (χ0) is 23.6. The largest absolute Gasteiger partial charge is 0.497 e. The van der Waals surface area contributed by atoms with Gasteiger partial charge in [-0.3, -0.25) is 14.8 Å². The zero-order valence-corrected chi connectivity index (χ0v) is 18.8. The lowest BCUT2D eigenvalue weighted by Crippen LogP contribution is -2.30. The van der Waals surface area contributed by atoms with E-state index in [1.165, 1.54) is 0 Å². The predicted molar refractivity (Wildman–Crippen MR) is 122 cm³/mol. The fourth-order valence-electron chi connectivity index (χ4n) is 3.29. The van der Waals surface area contributed by atoms with Gasteiger partial charge in [-0.25, -0.2) is 5.48 Å². The Morgan fingerprint density at radius 2 is 1.73 bits per heavy atom. The van der Waals surface area contributed by atoms with E-state index < -0.39 is 5.91 Å². The lowest BCUT2D eigenvalue weighted by molar-refractivity contribution is -0.129. The average molecular weight is 453 g/mol. The molecule has 0 aliphatic carbocycles. The highest BCUT2D eigenvalue weighted by molar-refractivity contribution is 5.93. The summed E-state index contributed by atoms with van der Waals surface area (Å²) in [5.74, 6) is 0.967. The maximum Gasteiger partial charge on any atom is 0.257 e. The van der Waals surface area contributed by atoms with E-state index in [-0.39, 0.29) is 18.9 Å². The van der Waals surface area contributed by atoms with Crippen LogP contribution in [0, 0.1) is 6.92 Å². The number of aryl methyl sites for hydroxylation is 1. The van der Waals surface area contributed by atoms with Crippen molar-refractivity contribution < 1.29 is 24.1 Å². The number of rotatable bonds is 11. The molecule has 9 heteroatoms. The molecule has 2 aromatic carbocycles. The van der Waals surface area contributed by atoms with E-state index in [4.69, 9.17) is 14.5 Å². The number of aromatic nitrogens is 2. The van der Waals surface area contributed by atoms with E-state index in [0.29, 0.717) is 48.8 Å². The third kappa shape index (κ3) is 6.88. The van der Waals surface area contributed by atoms with Crippen LogP contribution in [0.4, 0.5) is 5.69 Å². The first kappa shape index (κ1) is 23.9. The highest BCUT2D eigenvalue weighted by atomic mass is 16.5. The van der Waals surface area contributed by atoms with Crippen molar-refractivity contribution in [2.75, 3.05) is 12.0 Å². The molecule has 2 amide bonds. The van der Waals surface area contributed by atoms with Crippen molar-refractivity contribution in [1.29, 1.82) is 0 Å². The number of benzene rings is 2. The van der Waals surface area contributed by atoms with E-state index in [0.717, 1.165) is 11.1 Å². The van der Waals surface area contributed by atoms with E-state index in [1.807, 2.05) is 43.3 Å². The van der Waals surface area contributed by atoms with Crippen molar-refractivity contribution in [3.05, 3.63) is 59.9 Å². The van der Waals surface area contributed by atoms with Gasteiger partial charge in [0, 0.05) is 24.1 Å². The number of unbranched alkanes of at least 4 members (excludes halogenated alkanes) is 2. The smallest absolute Gasteiger partial charge is 0.257 e. The third-order valence-corrected chi connectivity index (χ3v) is 5.17. The number of carbonyl (C=O) groups is 2. The first-order valence-electron chi connectivity index (χ1n) is 10.8. The van der Waals surface area contributed by atoms with Crippen LogP contribution < -0.4 is 15.1 Å². The Morgan fingerprint density at radius 1 is 1.03 bits per heavy atom. The molecule has 0 aliphatic rings. The fraction of sp³-hybridized carbons (Fsp3) is 0.333. The Hall–Kier alpha value is -3.72. The van der Waals surface area contributed by atoms with Crippen LogP contribution in [0.25, 0.3) is 11.5 Å². The minimum Gasteiger partial charge on any atom is -0.497 e. The molecule has 9 nitrogen and oxygen atoms in total. The molecule has 0 saturated heterocycles. The number of anilines is 1. The molecule has 2 N–H and O–H groups in total. The molecule has 3 rings (SSSR count). The molecule has 0 saturated carbocycles. The Bertz CT molecular complexity index is 1050. The molecule has 174 valence electrons. The van der Waals surface area contributed by atoms with E-state index >= 15 is 0 Å². The minimum atomic E-state index is -0.428. The van der Waals surface area contributed by atoms with Crippen LogP contribution in [-0.4, -0.2) is 34.3 Å². The van der Waals surface area contributed by atoms with Crippen molar-refractivity contribution in [1.82, 2.24) is 15.6 Å². The fourth-order valence-corrected chi connectivity index (χ4v) is 3.29. The Balaban J connectivity index is 1.70. The number of hydrogen-bond acceptors (Lipinski definition) is 7. The van der Waals surface area contributed by atoms with Gasteiger partial charge in [-0.05, 0) is 56.2 Å². The van der Waals surface area contributed by atoms with Gasteiger partial charge in [-0.15, -0.1) is 0 Å². The first-order chi connectivity index (χ1) is 16.0. The summed E-state index contributed by atoms with van der Waals surface area (Å²) in [7, 11) is 1.58. The summed E-state index contributed by atoms with van der Waals surface area (Å²) >= 11 is 0. The number of methoxy groups -OCH3 is 1. The van der Waals surface area contributed by atoms with E-state index in [2.05, 4.69) is 10.1 Å². The standard InChI is InChI=1S/C24H28N4O5/c1-17-8-10-18(11-9-17)24-25-21(27-33-24)16-28(19-12-14-20(32-2)15-13-19)23(30)7-5-3-4-6-22(29)26-31/h8-15,31H,3-7,16H2,1-2H3,(H,26,29). The van der Waals surface area contributed by atoms with Crippen LogP contribution in [0.1, 0.15) is 43.5 Å². The quantitative estimate of drug-likeness (QED) is 0.256. The van der Waals surface area contributed by atoms with Gasteiger partial charge in [0.05, 0.1) is 13.7 Å². The van der Waals surface area contributed by atoms with Gasteiger partial charge in [-0.2, -0.15) is 4.98 Å². The molecule has 0 fully saturated rings.